The molecule has 2 nitrogen and oxygen atoms in total. The normalized spacial score (nSPS) is 12.3. The first-order valence-corrected chi connectivity index (χ1v) is 8.67. The molecule has 1 aromatic rings. The van der Waals surface area contributed by atoms with Gasteiger partial charge in [0, 0.05) is 6.04 Å². The van der Waals surface area contributed by atoms with E-state index in [1.165, 1.54) is 50.5 Å². The summed E-state index contributed by atoms with van der Waals surface area (Å²) in [6.07, 6.45) is 10.5. The third-order valence-electron chi connectivity index (χ3n) is 4.06. The molecule has 0 saturated carbocycles. The summed E-state index contributed by atoms with van der Waals surface area (Å²) in [6, 6.07) is 8.95. The van der Waals surface area contributed by atoms with Crippen LogP contribution in [0.4, 0.5) is 0 Å². The van der Waals surface area contributed by atoms with Gasteiger partial charge in [-0.2, -0.15) is 0 Å². The van der Waals surface area contributed by atoms with Gasteiger partial charge < -0.3 is 10.1 Å². The van der Waals surface area contributed by atoms with E-state index in [2.05, 4.69) is 37.4 Å². The lowest BCUT2D eigenvalue weighted by atomic mass is 9.99. The minimum Gasteiger partial charge on any atom is -0.496 e. The molecule has 1 atom stereocenters. The topological polar surface area (TPSA) is 21.3 Å². The highest BCUT2D eigenvalue weighted by atomic mass is 16.5. The van der Waals surface area contributed by atoms with E-state index in [1.807, 2.05) is 6.07 Å². The number of benzene rings is 1. The van der Waals surface area contributed by atoms with Gasteiger partial charge in [-0.05, 0) is 31.0 Å². The molecule has 0 radical (unpaired) electrons. The highest BCUT2D eigenvalue weighted by Gasteiger charge is 2.11. The molecule has 0 bridgehead atoms. The zero-order valence-corrected chi connectivity index (χ0v) is 14.2. The standard InChI is InChI=1S/C19H33NO/c1-4-6-7-8-9-10-14-18(20-5-2)16-17-13-11-12-15-19(17)21-3/h11-13,15,18,20H,4-10,14,16H2,1-3H3. The molecule has 0 spiro atoms. The number of para-hydroxylation sites is 1. The fourth-order valence-corrected chi connectivity index (χ4v) is 2.87. The zero-order chi connectivity index (χ0) is 15.3. The summed E-state index contributed by atoms with van der Waals surface area (Å²) in [5, 5.41) is 3.63. The van der Waals surface area contributed by atoms with E-state index in [0.29, 0.717) is 6.04 Å². The van der Waals surface area contributed by atoms with Crippen LogP contribution in [0.1, 0.15) is 64.4 Å². The lowest BCUT2D eigenvalue weighted by Gasteiger charge is -2.19. The molecular weight excluding hydrogens is 258 g/mol. The van der Waals surface area contributed by atoms with Crippen molar-refractivity contribution < 1.29 is 4.74 Å². The molecule has 0 amide bonds. The van der Waals surface area contributed by atoms with E-state index >= 15 is 0 Å². The monoisotopic (exact) mass is 291 g/mol. The molecule has 0 aliphatic rings. The Morgan fingerprint density at radius 3 is 2.43 bits per heavy atom. The third-order valence-corrected chi connectivity index (χ3v) is 4.06. The second-order valence-electron chi connectivity index (χ2n) is 5.83. The number of methoxy groups -OCH3 is 1. The molecule has 1 aromatic carbocycles. The van der Waals surface area contributed by atoms with Gasteiger partial charge in [-0.3, -0.25) is 0 Å². The molecule has 120 valence electrons. The lowest BCUT2D eigenvalue weighted by Crippen LogP contribution is -2.31. The molecule has 1 rings (SSSR count). The summed E-state index contributed by atoms with van der Waals surface area (Å²) in [5.41, 5.74) is 1.32. The molecule has 0 aliphatic carbocycles. The Hall–Kier alpha value is -1.02. The number of nitrogens with one attached hydrogen (secondary N) is 1. The molecule has 0 aromatic heterocycles. The number of ether oxygens (including phenoxy) is 1. The van der Waals surface area contributed by atoms with Gasteiger partial charge in [0.2, 0.25) is 0 Å². The Morgan fingerprint density at radius 1 is 1.00 bits per heavy atom. The second kappa shape index (κ2) is 11.6. The van der Waals surface area contributed by atoms with Crippen molar-refractivity contribution >= 4 is 0 Å². The Kier molecular flexibility index (Phi) is 9.98. The Bertz CT molecular complexity index is 364. The lowest BCUT2D eigenvalue weighted by molar-refractivity contribution is 0.401. The number of hydrogen-bond acceptors (Lipinski definition) is 2. The first-order chi connectivity index (χ1) is 10.3. The van der Waals surface area contributed by atoms with Gasteiger partial charge in [-0.1, -0.05) is 70.6 Å². The van der Waals surface area contributed by atoms with Gasteiger partial charge in [0.15, 0.2) is 0 Å². The fraction of sp³-hybridized carbons (Fsp3) is 0.684. The average molecular weight is 291 g/mol. The number of hydrogen-bond donors (Lipinski definition) is 1. The van der Waals surface area contributed by atoms with Crippen LogP contribution in [-0.4, -0.2) is 19.7 Å². The maximum atomic E-state index is 5.47. The van der Waals surface area contributed by atoms with Crippen LogP contribution in [0.3, 0.4) is 0 Å². The van der Waals surface area contributed by atoms with Crippen LogP contribution in [0.15, 0.2) is 24.3 Å². The van der Waals surface area contributed by atoms with E-state index in [1.54, 1.807) is 7.11 Å². The molecule has 0 fully saturated rings. The molecule has 0 saturated heterocycles. The first kappa shape index (κ1) is 18.0. The Morgan fingerprint density at radius 2 is 1.71 bits per heavy atom. The summed E-state index contributed by atoms with van der Waals surface area (Å²) in [7, 11) is 1.76. The maximum Gasteiger partial charge on any atom is 0.122 e. The van der Waals surface area contributed by atoms with Gasteiger partial charge >= 0.3 is 0 Å². The van der Waals surface area contributed by atoms with Crippen LogP contribution in [0, 0.1) is 0 Å². The minimum atomic E-state index is 0.567. The number of unbranched alkanes of at least 4 members (excludes halogenated alkanes) is 5. The van der Waals surface area contributed by atoms with Gasteiger partial charge in [0.05, 0.1) is 7.11 Å². The molecule has 0 heterocycles. The van der Waals surface area contributed by atoms with Gasteiger partial charge in [-0.15, -0.1) is 0 Å². The third kappa shape index (κ3) is 7.52. The largest absolute Gasteiger partial charge is 0.496 e. The summed E-state index contributed by atoms with van der Waals surface area (Å²) in [4.78, 5) is 0. The summed E-state index contributed by atoms with van der Waals surface area (Å²) >= 11 is 0. The van der Waals surface area contributed by atoms with Crippen molar-refractivity contribution in [1.29, 1.82) is 0 Å². The second-order valence-corrected chi connectivity index (χ2v) is 5.83. The van der Waals surface area contributed by atoms with E-state index in [0.717, 1.165) is 18.7 Å². The van der Waals surface area contributed by atoms with E-state index in [4.69, 9.17) is 4.74 Å². The van der Waals surface area contributed by atoms with E-state index < -0.39 is 0 Å². The number of likely N-dealkylation sites (N-methyl/N-ethyl adjacent to an activating group) is 1. The van der Waals surface area contributed by atoms with Crippen molar-refractivity contribution in [3.05, 3.63) is 29.8 Å². The SMILES string of the molecule is CCCCCCCCC(Cc1ccccc1OC)NCC. The molecule has 2 heteroatoms. The summed E-state index contributed by atoms with van der Waals surface area (Å²) in [5.74, 6) is 1.02. The Labute approximate surface area is 131 Å². The fourth-order valence-electron chi connectivity index (χ4n) is 2.87. The zero-order valence-electron chi connectivity index (χ0n) is 14.2. The first-order valence-electron chi connectivity index (χ1n) is 8.67. The van der Waals surface area contributed by atoms with Crippen LogP contribution >= 0.6 is 0 Å². The maximum absolute atomic E-state index is 5.47. The molecule has 1 unspecified atom stereocenters. The van der Waals surface area contributed by atoms with E-state index in [-0.39, 0.29) is 0 Å². The van der Waals surface area contributed by atoms with Crippen molar-refractivity contribution in [3.63, 3.8) is 0 Å². The summed E-state index contributed by atoms with van der Waals surface area (Å²) in [6.45, 7) is 5.50. The van der Waals surface area contributed by atoms with Crippen LogP contribution < -0.4 is 10.1 Å². The average Bonchev–Trinajstić information content (AvgIpc) is 2.51. The van der Waals surface area contributed by atoms with Crippen molar-refractivity contribution in [2.24, 2.45) is 0 Å². The highest BCUT2D eigenvalue weighted by molar-refractivity contribution is 5.33. The van der Waals surface area contributed by atoms with E-state index in [9.17, 15) is 0 Å². The van der Waals surface area contributed by atoms with Gasteiger partial charge in [-0.25, -0.2) is 0 Å². The van der Waals surface area contributed by atoms with Crippen molar-refractivity contribution in [2.45, 2.75) is 71.3 Å². The van der Waals surface area contributed by atoms with Gasteiger partial charge in [0.25, 0.3) is 0 Å². The molecule has 21 heavy (non-hydrogen) atoms. The minimum absolute atomic E-state index is 0.567. The predicted octanol–water partition coefficient (Wildman–Crippen LogP) is 4.97. The van der Waals surface area contributed by atoms with Crippen LogP contribution in [0.2, 0.25) is 0 Å². The Balaban J connectivity index is 2.38. The quantitative estimate of drug-likeness (QED) is 0.549. The van der Waals surface area contributed by atoms with Crippen LogP contribution in [0.5, 0.6) is 5.75 Å². The highest BCUT2D eigenvalue weighted by Crippen LogP contribution is 2.20. The molecular formula is C19H33NO. The van der Waals surface area contributed by atoms with Crippen LogP contribution in [0.25, 0.3) is 0 Å². The van der Waals surface area contributed by atoms with Crippen molar-refractivity contribution in [3.8, 4) is 5.75 Å². The smallest absolute Gasteiger partial charge is 0.122 e. The number of rotatable bonds is 12. The molecule has 1 N–H and O–H groups in total. The van der Waals surface area contributed by atoms with Crippen molar-refractivity contribution in [1.82, 2.24) is 5.32 Å². The predicted molar refractivity (Wildman–Crippen MR) is 92.2 cm³/mol. The summed E-state index contributed by atoms with van der Waals surface area (Å²) < 4.78 is 5.47. The van der Waals surface area contributed by atoms with Gasteiger partial charge in [0.1, 0.15) is 5.75 Å². The van der Waals surface area contributed by atoms with Crippen molar-refractivity contribution in [2.75, 3.05) is 13.7 Å². The van der Waals surface area contributed by atoms with Crippen LogP contribution in [-0.2, 0) is 6.42 Å². The molecule has 0 aliphatic heterocycles.